The Morgan fingerprint density at radius 3 is 2.39 bits per heavy atom. The standard InChI is InChI=1S/C26H27NO/c1-3-11-22(12-4-1)24-16-9-10-21(18-24)20-28-27-19-25-15-7-8-17-26(25)23-13-5-2-6-14-23/h1,3-4,7-12,15-19,23H,2,5-6,13-14,20H2. The number of nitrogens with zero attached hydrogens (tertiary/aromatic N) is 1. The van der Waals surface area contributed by atoms with E-state index >= 15 is 0 Å². The molecule has 1 aliphatic carbocycles. The predicted octanol–water partition coefficient (Wildman–Crippen LogP) is 6.95. The Hall–Kier alpha value is -2.87. The first-order chi connectivity index (χ1) is 13.9. The molecule has 0 heterocycles. The van der Waals surface area contributed by atoms with Crippen molar-refractivity contribution in [2.75, 3.05) is 0 Å². The van der Waals surface area contributed by atoms with Gasteiger partial charge < -0.3 is 4.84 Å². The van der Waals surface area contributed by atoms with Crippen molar-refractivity contribution in [3.8, 4) is 11.1 Å². The van der Waals surface area contributed by atoms with Crippen LogP contribution in [0.15, 0.2) is 84.0 Å². The topological polar surface area (TPSA) is 21.6 Å². The summed E-state index contributed by atoms with van der Waals surface area (Å²) in [6, 6.07) is 27.5. The van der Waals surface area contributed by atoms with Crippen LogP contribution < -0.4 is 0 Å². The van der Waals surface area contributed by atoms with E-state index in [2.05, 4.69) is 78.0 Å². The summed E-state index contributed by atoms with van der Waals surface area (Å²) in [5.74, 6) is 0.666. The van der Waals surface area contributed by atoms with Gasteiger partial charge in [0.05, 0.1) is 6.21 Å². The lowest BCUT2D eigenvalue weighted by molar-refractivity contribution is 0.132. The third-order valence-electron chi connectivity index (χ3n) is 5.57. The van der Waals surface area contributed by atoms with Crippen LogP contribution in [0.25, 0.3) is 11.1 Å². The predicted molar refractivity (Wildman–Crippen MR) is 117 cm³/mol. The molecule has 3 aromatic rings. The van der Waals surface area contributed by atoms with E-state index in [1.165, 1.54) is 54.4 Å². The van der Waals surface area contributed by atoms with Gasteiger partial charge in [-0.05, 0) is 52.6 Å². The monoisotopic (exact) mass is 369 g/mol. The minimum Gasteiger partial charge on any atom is -0.391 e. The summed E-state index contributed by atoms with van der Waals surface area (Å²) in [6.07, 6.45) is 8.51. The first kappa shape index (κ1) is 18.5. The molecule has 28 heavy (non-hydrogen) atoms. The Balaban J connectivity index is 1.40. The second-order valence-corrected chi connectivity index (χ2v) is 7.54. The van der Waals surface area contributed by atoms with E-state index in [0.717, 1.165) is 5.56 Å². The lowest BCUT2D eigenvalue weighted by atomic mass is 9.82. The maximum atomic E-state index is 5.63. The lowest BCUT2D eigenvalue weighted by Crippen LogP contribution is -2.07. The molecule has 3 aromatic carbocycles. The quantitative estimate of drug-likeness (QED) is 0.340. The third-order valence-corrected chi connectivity index (χ3v) is 5.57. The van der Waals surface area contributed by atoms with Crippen LogP contribution in [0, 0.1) is 0 Å². The van der Waals surface area contributed by atoms with Gasteiger partial charge in [-0.2, -0.15) is 0 Å². The average molecular weight is 370 g/mol. The number of rotatable bonds is 6. The molecule has 0 bridgehead atoms. The summed E-state index contributed by atoms with van der Waals surface area (Å²) in [4.78, 5) is 5.63. The van der Waals surface area contributed by atoms with Gasteiger partial charge in [0.25, 0.3) is 0 Å². The van der Waals surface area contributed by atoms with Crippen molar-refractivity contribution in [2.24, 2.45) is 5.16 Å². The second kappa shape index (κ2) is 9.36. The first-order valence-corrected chi connectivity index (χ1v) is 10.3. The van der Waals surface area contributed by atoms with Crippen molar-refractivity contribution >= 4 is 6.21 Å². The van der Waals surface area contributed by atoms with Gasteiger partial charge in [0, 0.05) is 0 Å². The van der Waals surface area contributed by atoms with Crippen molar-refractivity contribution in [3.63, 3.8) is 0 Å². The molecule has 1 saturated carbocycles. The molecular formula is C26H27NO. The molecule has 4 rings (SSSR count). The highest BCUT2D eigenvalue weighted by molar-refractivity contribution is 5.81. The highest BCUT2D eigenvalue weighted by Crippen LogP contribution is 2.33. The molecule has 0 aliphatic heterocycles. The number of hydrogen-bond acceptors (Lipinski definition) is 2. The maximum absolute atomic E-state index is 5.63. The molecule has 0 radical (unpaired) electrons. The zero-order valence-corrected chi connectivity index (χ0v) is 16.3. The molecular weight excluding hydrogens is 342 g/mol. The van der Waals surface area contributed by atoms with Crippen LogP contribution in [0.2, 0.25) is 0 Å². The van der Waals surface area contributed by atoms with Crippen LogP contribution in [-0.2, 0) is 11.4 Å². The Labute approximate surface area is 167 Å². The Kier molecular flexibility index (Phi) is 6.18. The summed E-state index contributed by atoms with van der Waals surface area (Å²) in [5, 5.41) is 4.27. The molecule has 0 unspecified atom stereocenters. The van der Waals surface area contributed by atoms with Crippen LogP contribution in [-0.4, -0.2) is 6.21 Å². The van der Waals surface area contributed by atoms with E-state index in [1.54, 1.807) is 0 Å². The van der Waals surface area contributed by atoms with Gasteiger partial charge in [-0.3, -0.25) is 0 Å². The van der Waals surface area contributed by atoms with Crippen molar-refractivity contribution in [2.45, 2.75) is 44.6 Å². The highest BCUT2D eigenvalue weighted by atomic mass is 16.6. The van der Waals surface area contributed by atoms with E-state index in [9.17, 15) is 0 Å². The highest BCUT2D eigenvalue weighted by Gasteiger charge is 2.17. The van der Waals surface area contributed by atoms with Gasteiger partial charge in [0.2, 0.25) is 0 Å². The minimum atomic E-state index is 0.475. The van der Waals surface area contributed by atoms with E-state index in [-0.39, 0.29) is 0 Å². The fraction of sp³-hybridized carbons (Fsp3) is 0.269. The van der Waals surface area contributed by atoms with Gasteiger partial charge in [0.1, 0.15) is 6.61 Å². The van der Waals surface area contributed by atoms with Crippen molar-refractivity contribution in [3.05, 3.63) is 95.6 Å². The number of hydrogen-bond donors (Lipinski definition) is 0. The first-order valence-electron chi connectivity index (χ1n) is 10.3. The molecule has 0 atom stereocenters. The van der Waals surface area contributed by atoms with Crippen LogP contribution in [0.1, 0.15) is 54.7 Å². The molecule has 0 spiro atoms. The number of oxime groups is 1. The molecule has 0 amide bonds. The molecule has 1 fully saturated rings. The average Bonchev–Trinajstić information content (AvgIpc) is 2.78. The minimum absolute atomic E-state index is 0.475. The van der Waals surface area contributed by atoms with Gasteiger partial charge in [0.15, 0.2) is 0 Å². The van der Waals surface area contributed by atoms with Gasteiger partial charge in [-0.25, -0.2) is 0 Å². The van der Waals surface area contributed by atoms with Crippen LogP contribution in [0.4, 0.5) is 0 Å². The van der Waals surface area contributed by atoms with Crippen molar-refractivity contribution in [1.29, 1.82) is 0 Å². The third kappa shape index (κ3) is 4.69. The van der Waals surface area contributed by atoms with Crippen LogP contribution in [0.5, 0.6) is 0 Å². The zero-order valence-electron chi connectivity index (χ0n) is 16.3. The van der Waals surface area contributed by atoms with Gasteiger partial charge in [-0.15, -0.1) is 0 Å². The van der Waals surface area contributed by atoms with E-state index in [0.29, 0.717) is 12.5 Å². The van der Waals surface area contributed by atoms with Gasteiger partial charge >= 0.3 is 0 Å². The Morgan fingerprint density at radius 1 is 0.786 bits per heavy atom. The summed E-state index contributed by atoms with van der Waals surface area (Å²) >= 11 is 0. The molecule has 0 saturated heterocycles. The molecule has 0 aromatic heterocycles. The van der Waals surface area contributed by atoms with Crippen LogP contribution in [0.3, 0.4) is 0 Å². The second-order valence-electron chi connectivity index (χ2n) is 7.54. The lowest BCUT2D eigenvalue weighted by Gasteiger charge is -2.23. The van der Waals surface area contributed by atoms with Crippen LogP contribution >= 0.6 is 0 Å². The largest absolute Gasteiger partial charge is 0.391 e. The molecule has 0 N–H and O–H groups in total. The Bertz CT molecular complexity index is 910. The summed E-state index contributed by atoms with van der Waals surface area (Å²) < 4.78 is 0. The maximum Gasteiger partial charge on any atom is 0.142 e. The summed E-state index contributed by atoms with van der Waals surface area (Å²) in [6.45, 7) is 0.475. The molecule has 2 heteroatoms. The summed E-state index contributed by atoms with van der Waals surface area (Å²) in [5.41, 5.74) is 6.15. The SMILES string of the molecule is C(=NOCc1cccc(-c2ccccc2)c1)c1ccccc1C1CCCCC1. The van der Waals surface area contributed by atoms with Crippen molar-refractivity contribution in [1.82, 2.24) is 0 Å². The Morgan fingerprint density at radius 2 is 1.54 bits per heavy atom. The fourth-order valence-corrected chi connectivity index (χ4v) is 4.09. The van der Waals surface area contributed by atoms with E-state index in [4.69, 9.17) is 4.84 Å². The smallest absolute Gasteiger partial charge is 0.142 e. The summed E-state index contributed by atoms with van der Waals surface area (Å²) in [7, 11) is 0. The molecule has 2 nitrogen and oxygen atoms in total. The van der Waals surface area contributed by atoms with E-state index < -0.39 is 0 Å². The fourth-order valence-electron chi connectivity index (χ4n) is 4.09. The van der Waals surface area contributed by atoms with Gasteiger partial charge in [-0.1, -0.05) is 97.2 Å². The number of benzene rings is 3. The normalized spacial score (nSPS) is 15.0. The van der Waals surface area contributed by atoms with Crippen molar-refractivity contribution < 1.29 is 4.84 Å². The van der Waals surface area contributed by atoms with E-state index in [1.807, 2.05) is 12.3 Å². The molecule has 1 aliphatic rings. The molecule has 142 valence electrons. The zero-order chi connectivity index (χ0) is 19.0.